The number of ether oxygens (including phenoxy) is 1. The largest absolute Gasteiger partial charge is 0.428 e. The van der Waals surface area contributed by atoms with Crippen molar-refractivity contribution in [1.29, 1.82) is 0 Å². The van der Waals surface area contributed by atoms with E-state index in [4.69, 9.17) is 20.7 Å². The lowest BCUT2D eigenvalue weighted by atomic mass is 9.93. The van der Waals surface area contributed by atoms with Gasteiger partial charge in [0.15, 0.2) is 6.73 Å². The van der Waals surface area contributed by atoms with Gasteiger partial charge in [0.2, 0.25) is 5.91 Å². The molecule has 3 heterocycles. The molecule has 1 saturated heterocycles. The number of aromatic nitrogens is 1. The minimum Gasteiger partial charge on any atom is -0.428 e. The number of carbonyl (C=O) groups excluding carboxylic acids is 2. The lowest BCUT2D eigenvalue weighted by Gasteiger charge is -2.35. The van der Waals surface area contributed by atoms with E-state index >= 15 is 0 Å². The van der Waals surface area contributed by atoms with Crippen LogP contribution < -0.4 is 15.1 Å². The van der Waals surface area contributed by atoms with Crippen LogP contribution in [0.1, 0.15) is 45.2 Å². The number of fused-ring (bicyclic) bond motifs is 2. The fourth-order valence-electron chi connectivity index (χ4n) is 5.85. The van der Waals surface area contributed by atoms with E-state index in [1.807, 2.05) is 26.0 Å². The number of benzene rings is 2. The molecule has 214 valence electrons. The van der Waals surface area contributed by atoms with E-state index < -0.39 is 11.6 Å². The molecule has 0 radical (unpaired) electrons. The van der Waals surface area contributed by atoms with Gasteiger partial charge in [0.05, 0.1) is 16.8 Å². The van der Waals surface area contributed by atoms with Gasteiger partial charge in [0, 0.05) is 48.7 Å². The second kappa shape index (κ2) is 11.9. The van der Waals surface area contributed by atoms with E-state index in [0.29, 0.717) is 10.9 Å². The molecule has 0 bridgehead atoms. The fraction of sp³-hybridized carbons (Fsp3) is 0.500. The number of nitrogens with one attached hydrogen (secondary N) is 1. The average Bonchev–Trinajstić information content (AvgIpc) is 3.45. The van der Waals surface area contributed by atoms with Crippen molar-refractivity contribution >= 4 is 56.7 Å². The average molecular weight is 584 g/mol. The maximum absolute atomic E-state index is 12.8. The Hall–Kier alpha value is -2.88. The van der Waals surface area contributed by atoms with E-state index in [1.165, 1.54) is 15.0 Å². The molecule has 2 aromatic carbocycles. The third-order valence-electron chi connectivity index (χ3n) is 7.59. The van der Waals surface area contributed by atoms with Gasteiger partial charge in [0.25, 0.3) is 0 Å². The van der Waals surface area contributed by atoms with E-state index in [1.54, 1.807) is 11.5 Å². The van der Waals surface area contributed by atoms with Crippen LogP contribution in [0.15, 0.2) is 36.4 Å². The number of hydrogen-bond acceptors (Lipinski definition) is 7. The van der Waals surface area contributed by atoms with Crippen LogP contribution in [0.25, 0.3) is 10.1 Å². The molecule has 2 aliphatic heterocycles. The Balaban J connectivity index is 1.14. The van der Waals surface area contributed by atoms with Crippen molar-refractivity contribution in [2.24, 2.45) is 5.92 Å². The normalized spacial score (nSPS) is 16.2. The molecule has 0 unspecified atom stereocenters. The van der Waals surface area contributed by atoms with Gasteiger partial charge in [-0.25, -0.2) is 4.79 Å². The molecule has 0 aliphatic carbocycles. The number of piperazine rings is 1. The van der Waals surface area contributed by atoms with Crippen LogP contribution in [-0.4, -0.2) is 66.3 Å². The first kappa shape index (κ1) is 28.6. The van der Waals surface area contributed by atoms with Gasteiger partial charge in [0.1, 0.15) is 5.82 Å². The van der Waals surface area contributed by atoms with Crippen molar-refractivity contribution in [2.75, 3.05) is 49.3 Å². The summed E-state index contributed by atoms with van der Waals surface area (Å²) in [5.74, 6) is 1.44. The van der Waals surface area contributed by atoms with Crippen LogP contribution in [0, 0.1) is 5.92 Å². The predicted octanol–water partition coefficient (Wildman–Crippen LogP) is 5.71. The van der Waals surface area contributed by atoms with Crippen molar-refractivity contribution in [3.8, 4) is 0 Å². The predicted molar refractivity (Wildman–Crippen MR) is 163 cm³/mol. The van der Waals surface area contributed by atoms with Crippen molar-refractivity contribution in [1.82, 2.24) is 14.6 Å². The molecule has 8 nitrogen and oxygen atoms in total. The molecule has 40 heavy (non-hydrogen) atoms. The zero-order valence-electron chi connectivity index (χ0n) is 23.7. The lowest BCUT2D eigenvalue weighted by molar-refractivity contribution is -0.118. The van der Waals surface area contributed by atoms with E-state index in [2.05, 4.69) is 53.2 Å². The maximum atomic E-state index is 12.8. The topological polar surface area (TPSA) is 78.0 Å². The SMILES string of the molecule is CC(C)CC(C)(C)NC(=O)OCN1C(=O)Cc2cc(CCN3CCN(c4nsc5ccccc45)CC3)c(Cl)cc21. The van der Waals surface area contributed by atoms with Crippen molar-refractivity contribution < 1.29 is 14.3 Å². The molecule has 1 fully saturated rings. The van der Waals surface area contributed by atoms with Crippen LogP contribution in [0.2, 0.25) is 5.02 Å². The zero-order chi connectivity index (χ0) is 28.4. The highest BCUT2D eigenvalue weighted by molar-refractivity contribution is 7.13. The molecule has 10 heteroatoms. The molecule has 0 saturated carbocycles. The highest BCUT2D eigenvalue weighted by Gasteiger charge is 2.30. The number of amides is 2. The summed E-state index contributed by atoms with van der Waals surface area (Å²) in [5, 5.41) is 4.77. The summed E-state index contributed by atoms with van der Waals surface area (Å²) in [7, 11) is 0. The first-order valence-corrected chi connectivity index (χ1v) is 15.1. The first-order chi connectivity index (χ1) is 19.1. The number of rotatable bonds is 9. The Labute approximate surface area is 245 Å². The molecule has 0 atom stereocenters. The molecule has 1 N–H and O–H groups in total. The number of anilines is 2. The number of halogens is 1. The highest BCUT2D eigenvalue weighted by atomic mass is 35.5. The minimum atomic E-state index is -0.530. The number of alkyl carbamates (subject to hydrolysis) is 1. The summed E-state index contributed by atoms with van der Waals surface area (Å²) in [4.78, 5) is 31.5. The molecule has 5 rings (SSSR count). The Morgan fingerprint density at radius 1 is 1.18 bits per heavy atom. The molecule has 1 aromatic heterocycles. The van der Waals surface area contributed by atoms with E-state index in [-0.39, 0.29) is 19.1 Å². The van der Waals surface area contributed by atoms with Gasteiger partial charge in [-0.05, 0) is 73.5 Å². The lowest BCUT2D eigenvalue weighted by Crippen LogP contribution is -2.47. The molecule has 3 aromatic rings. The maximum Gasteiger partial charge on any atom is 0.409 e. The minimum absolute atomic E-state index is 0.0943. The third-order valence-corrected chi connectivity index (χ3v) is 8.76. The molecule has 2 amide bonds. The standard InChI is InChI=1S/C30H38ClN5O3S/c1-20(2)18-30(3,4)32-29(38)39-19-36-25-17-24(31)21(15-22(25)16-27(36)37)9-10-34-11-13-35(14-12-34)28-23-7-5-6-8-26(23)40-33-28/h5-8,15,17,20H,9-14,16,18-19H2,1-4H3,(H,32,38). The smallest absolute Gasteiger partial charge is 0.409 e. The summed E-state index contributed by atoms with van der Waals surface area (Å²) in [5.41, 5.74) is 2.29. The monoisotopic (exact) mass is 583 g/mol. The van der Waals surface area contributed by atoms with Crippen LogP contribution in [0.3, 0.4) is 0 Å². The summed E-state index contributed by atoms with van der Waals surface area (Å²) >= 11 is 8.25. The quantitative estimate of drug-likeness (QED) is 0.348. The Morgan fingerprint density at radius 2 is 1.93 bits per heavy atom. The Morgan fingerprint density at radius 3 is 2.67 bits per heavy atom. The second-order valence-corrected chi connectivity index (χ2v) is 13.0. The van der Waals surface area contributed by atoms with Gasteiger partial charge in [-0.15, -0.1) is 0 Å². The molecular formula is C30H38ClN5O3S. The number of nitrogens with zero attached hydrogens (tertiary/aromatic N) is 4. The number of hydrogen-bond donors (Lipinski definition) is 1. The van der Waals surface area contributed by atoms with Crippen LogP contribution in [-0.2, 0) is 22.4 Å². The Kier molecular flexibility index (Phi) is 8.54. The summed E-state index contributed by atoms with van der Waals surface area (Å²) in [6.07, 6.45) is 1.38. The Bertz CT molecular complexity index is 1380. The fourth-order valence-corrected chi connectivity index (χ4v) is 6.90. The van der Waals surface area contributed by atoms with Crippen molar-refractivity contribution in [3.05, 3.63) is 52.5 Å². The van der Waals surface area contributed by atoms with Gasteiger partial charge < -0.3 is 15.0 Å². The van der Waals surface area contributed by atoms with E-state index in [9.17, 15) is 9.59 Å². The molecule has 2 aliphatic rings. The summed E-state index contributed by atoms with van der Waals surface area (Å²) in [6.45, 7) is 12.7. The van der Waals surface area contributed by atoms with Crippen molar-refractivity contribution in [2.45, 2.75) is 52.5 Å². The molecule has 0 spiro atoms. The van der Waals surface area contributed by atoms with Gasteiger partial charge >= 0.3 is 6.09 Å². The van der Waals surface area contributed by atoms with Gasteiger partial charge in [-0.2, -0.15) is 4.37 Å². The number of carbonyl (C=O) groups is 2. The molecular weight excluding hydrogens is 546 g/mol. The van der Waals surface area contributed by atoms with Gasteiger partial charge in [-0.3, -0.25) is 14.6 Å². The first-order valence-electron chi connectivity index (χ1n) is 14.0. The van der Waals surface area contributed by atoms with Crippen LogP contribution in [0.5, 0.6) is 0 Å². The second-order valence-electron chi connectivity index (χ2n) is 11.8. The van der Waals surface area contributed by atoms with Crippen molar-refractivity contribution in [3.63, 3.8) is 0 Å². The van der Waals surface area contributed by atoms with E-state index in [0.717, 1.165) is 68.2 Å². The summed E-state index contributed by atoms with van der Waals surface area (Å²) in [6, 6.07) is 12.3. The van der Waals surface area contributed by atoms with Gasteiger partial charge in [-0.1, -0.05) is 43.6 Å². The third kappa shape index (κ3) is 6.53. The highest BCUT2D eigenvalue weighted by Crippen LogP contribution is 2.35. The zero-order valence-corrected chi connectivity index (χ0v) is 25.3. The van der Waals surface area contributed by atoms with Crippen LogP contribution >= 0.6 is 23.1 Å². The summed E-state index contributed by atoms with van der Waals surface area (Å²) < 4.78 is 11.4. The van der Waals surface area contributed by atoms with Crippen LogP contribution in [0.4, 0.5) is 16.3 Å².